The lowest BCUT2D eigenvalue weighted by Crippen LogP contribution is -2.14. The number of amides is 1. The van der Waals surface area contributed by atoms with Gasteiger partial charge in [-0.05, 0) is 40.2 Å². The molecule has 4 nitrogen and oxygen atoms in total. The van der Waals surface area contributed by atoms with Crippen molar-refractivity contribution in [3.05, 3.63) is 52.5 Å². The lowest BCUT2D eigenvalue weighted by Gasteiger charge is -2.08. The van der Waals surface area contributed by atoms with Gasteiger partial charge in [0.15, 0.2) is 0 Å². The Morgan fingerprint density at radius 2 is 2.21 bits per heavy atom. The van der Waals surface area contributed by atoms with Crippen LogP contribution in [0.2, 0.25) is 0 Å². The molecule has 1 aromatic heterocycles. The third kappa shape index (κ3) is 3.08. The summed E-state index contributed by atoms with van der Waals surface area (Å²) in [6, 6.07) is 7.39. The number of ether oxygens (including phenoxy) is 1. The molecule has 0 radical (unpaired) electrons. The molecule has 2 rings (SSSR count). The lowest BCUT2D eigenvalue weighted by molar-refractivity contribution is 0.102. The fraction of sp³-hybridized carbons (Fsp3) is 0.0769. The molecular weight excluding hydrogens is 315 g/mol. The summed E-state index contributed by atoms with van der Waals surface area (Å²) in [6.07, 6.45) is 1.58. The minimum atomic E-state index is -0.642. The number of carbonyl (C=O) groups is 1. The SMILES string of the molecule is COc1ccc(C(=O)Nc2cccnc2Br)c(F)c1. The highest BCUT2D eigenvalue weighted by Gasteiger charge is 2.14. The molecule has 1 amide bonds. The van der Waals surface area contributed by atoms with Crippen molar-refractivity contribution in [2.75, 3.05) is 12.4 Å². The van der Waals surface area contributed by atoms with E-state index in [1.165, 1.54) is 19.2 Å². The predicted molar refractivity (Wildman–Crippen MR) is 72.8 cm³/mol. The zero-order chi connectivity index (χ0) is 13.8. The standard InChI is InChI=1S/C13H10BrFN2O2/c1-19-8-4-5-9(10(15)7-8)13(18)17-11-3-2-6-16-12(11)14/h2-7H,1H3,(H,17,18). The summed E-state index contributed by atoms with van der Waals surface area (Å²) in [5, 5.41) is 2.58. The largest absolute Gasteiger partial charge is 0.497 e. The molecule has 1 aromatic carbocycles. The Morgan fingerprint density at radius 1 is 1.42 bits per heavy atom. The first-order valence-corrected chi connectivity index (χ1v) is 6.16. The average Bonchev–Trinajstić information content (AvgIpc) is 2.41. The van der Waals surface area contributed by atoms with E-state index in [9.17, 15) is 9.18 Å². The maximum Gasteiger partial charge on any atom is 0.258 e. The molecule has 0 unspecified atom stereocenters. The number of anilines is 1. The van der Waals surface area contributed by atoms with Crippen molar-refractivity contribution in [3.63, 3.8) is 0 Å². The molecule has 2 aromatic rings. The second kappa shape index (κ2) is 5.79. The minimum Gasteiger partial charge on any atom is -0.497 e. The normalized spacial score (nSPS) is 10.1. The minimum absolute atomic E-state index is 0.0587. The van der Waals surface area contributed by atoms with Crippen LogP contribution in [-0.2, 0) is 0 Å². The third-order valence-electron chi connectivity index (χ3n) is 2.43. The van der Waals surface area contributed by atoms with Gasteiger partial charge in [0.25, 0.3) is 5.91 Å². The third-order valence-corrected chi connectivity index (χ3v) is 3.06. The topological polar surface area (TPSA) is 51.2 Å². The summed E-state index contributed by atoms with van der Waals surface area (Å²) in [6.45, 7) is 0. The molecule has 6 heteroatoms. The molecule has 0 fully saturated rings. The van der Waals surface area contributed by atoms with Crippen molar-refractivity contribution in [2.45, 2.75) is 0 Å². The number of benzene rings is 1. The fourth-order valence-electron chi connectivity index (χ4n) is 1.48. The molecule has 1 heterocycles. The van der Waals surface area contributed by atoms with E-state index in [4.69, 9.17) is 4.74 Å². The highest BCUT2D eigenvalue weighted by atomic mass is 79.9. The van der Waals surface area contributed by atoms with Crippen molar-refractivity contribution in [2.24, 2.45) is 0 Å². The van der Waals surface area contributed by atoms with Crippen LogP contribution in [0.1, 0.15) is 10.4 Å². The maximum atomic E-state index is 13.7. The molecule has 98 valence electrons. The van der Waals surface area contributed by atoms with E-state index in [-0.39, 0.29) is 5.56 Å². The highest BCUT2D eigenvalue weighted by Crippen LogP contribution is 2.21. The molecule has 0 saturated heterocycles. The van der Waals surface area contributed by atoms with E-state index in [0.29, 0.717) is 16.0 Å². The summed E-state index contributed by atoms with van der Waals surface area (Å²) in [5.74, 6) is -0.831. The van der Waals surface area contributed by atoms with Gasteiger partial charge in [-0.25, -0.2) is 9.37 Å². The molecule has 0 spiro atoms. The predicted octanol–water partition coefficient (Wildman–Crippen LogP) is 3.24. The number of rotatable bonds is 3. The molecule has 19 heavy (non-hydrogen) atoms. The number of nitrogens with one attached hydrogen (secondary N) is 1. The van der Waals surface area contributed by atoms with Crippen LogP contribution in [0.4, 0.5) is 10.1 Å². The number of pyridine rings is 1. The van der Waals surface area contributed by atoms with E-state index in [2.05, 4.69) is 26.2 Å². The maximum absolute atomic E-state index is 13.7. The van der Waals surface area contributed by atoms with Crippen molar-refractivity contribution in [1.82, 2.24) is 4.98 Å². The monoisotopic (exact) mass is 324 g/mol. The summed E-state index contributed by atoms with van der Waals surface area (Å²) < 4.78 is 19.1. The number of nitrogens with zero attached hydrogens (tertiary/aromatic N) is 1. The number of hydrogen-bond donors (Lipinski definition) is 1. The van der Waals surface area contributed by atoms with Crippen LogP contribution in [0.5, 0.6) is 5.75 Å². The Bertz CT molecular complexity index is 619. The molecule has 0 atom stereocenters. The summed E-state index contributed by atoms with van der Waals surface area (Å²) in [4.78, 5) is 15.9. The van der Waals surface area contributed by atoms with Crippen LogP contribution < -0.4 is 10.1 Å². The molecule has 0 aliphatic heterocycles. The average molecular weight is 325 g/mol. The van der Waals surface area contributed by atoms with Crippen LogP contribution >= 0.6 is 15.9 Å². The summed E-state index contributed by atoms with van der Waals surface area (Å²) >= 11 is 3.20. The Hall–Kier alpha value is -1.95. The molecular formula is C13H10BrFN2O2. The number of methoxy groups -OCH3 is 1. The van der Waals surface area contributed by atoms with Crippen LogP contribution in [0, 0.1) is 5.82 Å². The van der Waals surface area contributed by atoms with Gasteiger partial charge in [0.2, 0.25) is 0 Å². The molecule has 0 aliphatic rings. The first-order chi connectivity index (χ1) is 9.11. The molecule has 0 saturated carbocycles. The number of carbonyl (C=O) groups excluding carboxylic acids is 1. The molecule has 0 aliphatic carbocycles. The van der Waals surface area contributed by atoms with Gasteiger partial charge in [0.05, 0.1) is 18.4 Å². The van der Waals surface area contributed by atoms with Gasteiger partial charge in [-0.15, -0.1) is 0 Å². The number of hydrogen-bond acceptors (Lipinski definition) is 3. The Morgan fingerprint density at radius 3 is 2.84 bits per heavy atom. The zero-order valence-electron chi connectivity index (χ0n) is 9.98. The Kier molecular flexibility index (Phi) is 4.11. The van der Waals surface area contributed by atoms with Gasteiger partial charge in [-0.1, -0.05) is 0 Å². The van der Waals surface area contributed by atoms with E-state index in [0.717, 1.165) is 6.07 Å². The second-order valence-electron chi connectivity index (χ2n) is 3.64. The smallest absolute Gasteiger partial charge is 0.258 e. The van der Waals surface area contributed by atoms with E-state index < -0.39 is 11.7 Å². The summed E-state index contributed by atoms with van der Waals surface area (Å²) in [5.41, 5.74) is 0.416. The van der Waals surface area contributed by atoms with Crippen LogP contribution in [-0.4, -0.2) is 18.0 Å². The van der Waals surface area contributed by atoms with Crippen molar-refractivity contribution in [3.8, 4) is 5.75 Å². The van der Waals surface area contributed by atoms with E-state index in [1.807, 2.05) is 0 Å². The van der Waals surface area contributed by atoms with Gasteiger partial charge in [0, 0.05) is 12.3 Å². The molecule has 0 bridgehead atoms. The number of halogens is 2. The Labute approximate surface area is 117 Å². The van der Waals surface area contributed by atoms with Gasteiger partial charge in [-0.3, -0.25) is 4.79 Å². The van der Waals surface area contributed by atoms with E-state index in [1.54, 1.807) is 18.3 Å². The summed E-state index contributed by atoms with van der Waals surface area (Å²) in [7, 11) is 1.43. The molecule has 1 N–H and O–H groups in total. The van der Waals surface area contributed by atoms with Crippen LogP contribution in [0.25, 0.3) is 0 Å². The van der Waals surface area contributed by atoms with Crippen molar-refractivity contribution >= 4 is 27.5 Å². The van der Waals surface area contributed by atoms with Gasteiger partial charge in [-0.2, -0.15) is 0 Å². The quantitative estimate of drug-likeness (QED) is 0.882. The number of aromatic nitrogens is 1. The van der Waals surface area contributed by atoms with Gasteiger partial charge >= 0.3 is 0 Å². The fourth-order valence-corrected chi connectivity index (χ4v) is 1.83. The van der Waals surface area contributed by atoms with Crippen LogP contribution in [0.3, 0.4) is 0 Å². The first kappa shape index (κ1) is 13.5. The van der Waals surface area contributed by atoms with Crippen LogP contribution in [0.15, 0.2) is 41.1 Å². The Balaban J connectivity index is 2.23. The van der Waals surface area contributed by atoms with Crippen molar-refractivity contribution < 1.29 is 13.9 Å². The van der Waals surface area contributed by atoms with Crippen molar-refractivity contribution in [1.29, 1.82) is 0 Å². The second-order valence-corrected chi connectivity index (χ2v) is 4.39. The van der Waals surface area contributed by atoms with Gasteiger partial charge < -0.3 is 10.1 Å². The lowest BCUT2D eigenvalue weighted by atomic mass is 10.2. The van der Waals surface area contributed by atoms with E-state index >= 15 is 0 Å². The zero-order valence-corrected chi connectivity index (χ0v) is 11.6. The highest BCUT2D eigenvalue weighted by molar-refractivity contribution is 9.10. The van der Waals surface area contributed by atoms with Gasteiger partial charge in [0.1, 0.15) is 16.2 Å². The first-order valence-electron chi connectivity index (χ1n) is 5.37.